The van der Waals surface area contributed by atoms with Gasteiger partial charge in [-0.05, 0) is 93.3 Å². The Hall–Kier alpha value is -1.83. The molecule has 11 heteroatoms. The standard InChI is InChI=1S/C40H60O10S/c1-43-29-31-11-8-10-30(26-31)27-32(49-39-14-3-6-20-46-39)16-17-34-33(35(41)28-36(34)50-40-15-4-7-21-47-40)18-25-51-24-9-12-37(42)44-22-23-48-38-13-2-5-19-45-38/h8,10-11,16-17,26,32-34,36,38-40H,2-7,9,12-15,18-25,27-29H2,1H3/t32-,33-,34-,36-,38?,39?,40?/m1/s1. The molecule has 10 nitrogen and oxygen atoms in total. The van der Waals surface area contributed by atoms with E-state index in [0.29, 0.717) is 45.7 Å². The van der Waals surface area contributed by atoms with Gasteiger partial charge in [0.25, 0.3) is 0 Å². The molecular weight excluding hydrogens is 672 g/mol. The second-order valence-corrected chi connectivity index (χ2v) is 15.3. The van der Waals surface area contributed by atoms with Gasteiger partial charge in [-0.25, -0.2) is 0 Å². The zero-order chi connectivity index (χ0) is 35.5. The summed E-state index contributed by atoms with van der Waals surface area (Å²) in [7, 11) is 1.71. The molecule has 4 aliphatic rings. The van der Waals surface area contributed by atoms with E-state index in [2.05, 4.69) is 36.4 Å². The van der Waals surface area contributed by atoms with Crippen LogP contribution in [-0.2, 0) is 60.5 Å². The van der Waals surface area contributed by atoms with E-state index in [1.165, 1.54) is 5.56 Å². The summed E-state index contributed by atoms with van der Waals surface area (Å²) in [6.07, 6.45) is 15.2. The Morgan fingerprint density at radius 1 is 0.922 bits per heavy atom. The van der Waals surface area contributed by atoms with Crippen LogP contribution in [0.4, 0.5) is 0 Å². The van der Waals surface area contributed by atoms with Crippen LogP contribution in [0.2, 0.25) is 0 Å². The molecule has 3 aliphatic heterocycles. The molecule has 3 saturated heterocycles. The van der Waals surface area contributed by atoms with Crippen LogP contribution in [0.25, 0.3) is 0 Å². The molecule has 286 valence electrons. The molecule has 51 heavy (non-hydrogen) atoms. The number of benzene rings is 1. The van der Waals surface area contributed by atoms with E-state index in [9.17, 15) is 9.59 Å². The minimum atomic E-state index is -0.265. The molecule has 0 amide bonds. The fourth-order valence-corrected chi connectivity index (χ4v) is 8.25. The highest BCUT2D eigenvalue weighted by atomic mass is 32.2. The molecule has 0 spiro atoms. The minimum absolute atomic E-state index is 0.0713. The Morgan fingerprint density at radius 2 is 1.65 bits per heavy atom. The van der Waals surface area contributed by atoms with Gasteiger partial charge in [0.15, 0.2) is 18.9 Å². The molecule has 7 atom stereocenters. The Bertz CT molecular complexity index is 1180. The van der Waals surface area contributed by atoms with E-state index in [0.717, 1.165) is 94.3 Å². The highest BCUT2D eigenvalue weighted by Crippen LogP contribution is 2.37. The average Bonchev–Trinajstić information content (AvgIpc) is 3.44. The van der Waals surface area contributed by atoms with Gasteiger partial charge in [-0.15, -0.1) is 0 Å². The summed E-state index contributed by atoms with van der Waals surface area (Å²) in [5, 5.41) is 0. The molecule has 3 unspecified atom stereocenters. The quantitative estimate of drug-likeness (QED) is 0.0745. The summed E-state index contributed by atoms with van der Waals surface area (Å²) < 4.78 is 46.9. The average molecular weight is 733 g/mol. The van der Waals surface area contributed by atoms with Crippen LogP contribution >= 0.6 is 11.8 Å². The summed E-state index contributed by atoms with van der Waals surface area (Å²) >= 11 is 1.78. The number of ketones is 1. The van der Waals surface area contributed by atoms with E-state index < -0.39 is 0 Å². The van der Waals surface area contributed by atoms with E-state index in [-0.39, 0.29) is 61.3 Å². The van der Waals surface area contributed by atoms with Crippen molar-refractivity contribution < 1.29 is 47.5 Å². The van der Waals surface area contributed by atoms with Gasteiger partial charge in [-0.1, -0.05) is 36.4 Å². The topological polar surface area (TPSA) is 108 Å². The molecule has 1 saturated carbocycles. The van der Waals surface area contributed by atoms with Gasteiger partial charge in [0.2, 0.25) is 0 Å². The summed E-state index contributed by atoms with van der Waals surface area (Å²) in [6.45, 7) is 3.31. The maximum absolute atomic E-state index is 13.5. The van der Waals surface area contributed by atoms with E-state index in [1.54, 1.807) is 18.9 Å². The Kier molecular flexibility index (Phi) is 18.3. The lowest BCUT2D eigenvalue weighted by molar-refractivity contribution is -0.192. The molecule has 0 bridgehead atoms. The predicted octanol–water partition coefficient (Wildman–Crippen LogP) is 6.95. The molecule has 3 heterocycles. The van der Waals surface area contributed by atoms with Gasteiger partial charge in [0.1, 0.15) is 12.4 Å². The number of carbonyl (C=O) groups excluding carboxylic acids is 2. The first-order valence-corrected chi connectivity index (χ1v) is 20.5. The van der Waals surface area contributed by atoms with Crippen LogP contribution in [0.1, 0.15) is 94.6 Å². The lowest BCUT2D eigenvalue weighted by Gasteiger charge is -2.29. The summed E-state index contributed by atoms with van der Waals surface area (Å²) in [5.74, 6) is 1.49. The first-order valence-electron chi connectivity index (χ1n) is 19.4. The lowest BCUT2D eigenvalue weighted by Crippen LogP contribution is -2.31. The lowest BCUT2D eigenvalue weighted by atomic mass is 9.90. The number of esters is 1. The van der Waals surface area contributed by atoms with Gasteiger partial charge in [0, 0.05) is 58.0 Å². The molecule has 1 aliphatic carbocycles. The predicted molar refractivity (Wildman–Crippen MR) is 195 cm³/mol. The SMILES string of the molecule is COCc1cccc(C[C@@H](C=C[C@H]2[C@H](OC3CCCCO3)CC(=O)[C@@H]2CCSCCCC(=O)OCCOC2CCCCO2)OC2CCCCO2)c1. The highest BCUT2D eigenvalue weighted by molar-refractivity contribution is 7.99. The van der Waals surface area contributed by atoms with Gasteiger partial charge in [-0.2, -0.15) is 11.8 Å². The van der Waals surface area contributed by atoms with Crippen molar-refractivity contribution in [3.8, 4) is 0 Å². The van der Waals surface area contributed by atoms with Crippen LogP contribution in [0.5, 0.6) is 0 Å². The number of hydrogen-bond donors (Lipinski definition) is 0. The fraction of sp³-hybridized carbons (Fsp3) is 0.750. The maximum atomic E-state index is 13.5. The second-order valence-electron chi connectivity index (χ2n) is 14.0. The molecule has 0 N–H and O–H groups in total. The first-order chi connectivity index (χ1) is 25.1. The zero-order valence-corrected chi connectivity index (χ0v) is 31.4. The van der Waals surface area contributed by atoms with Crippen LogP contribution in [0.3, 0.4) is 0 Å². The molecule has 5 rings (SSSR count). The van der Waals surface area contributed by atoms with Gasteiger partial charge in [0.05, 0.1) is 25.4 Å². The molecule has 4 fully saturated rings. The van der Waals surface area contributed by atoms with Gasteiger partial charge in [-0.3, -0.25) is 9.59 Å². The Labute approximate surface area is 308 Å². The highest BCUT2D eigenvalue weighted by Gasteiger charge is 2.42. The summed E-state index contributed by atoms with van der Waals surface area (Å²) in [5.41, 5.74) is 2.29. The fourth-order valence-electron chi connectivity index (χ4n) is 7.28. The molecule has 0 radical (unpaired) electrons. The number of Topliss-reactive ketones (excluding diaryl/α,β-unsaturated/α-hetero) is 1. The summed E-state index contributed by atoms with van der Waals surface area (Å²) in [4.78, 5) is 25.7. The summed E-state index contributed by atoms with van der Waals surface area (Å²) in [6, 6.07) is 8.42. The molecule has 0 aromatic heterocycles. The monoisotopic (exact) mass is 732 g/mol. The number of carbonyl (C=O) groups is 2. The largest absolute Gasteiger partial charge is 0.463 e. The smallest absolute Gasteiger partial charge is 0.305 e. The Balaban J connectivity index is 1.13. The van der Waals surface area contributed by atoms with Crippen molar-refractivity contribution in [3.63, 3.8) is 0 Å². The van der Waals surface area contributed by atoms with Crippen molar-refractivity contribution in [2.45, 2.75) is 128 Å². The van der Waals surface area contributed by atoms with E-state index in [4.69, 9.17) is 37.9 Å². The van der Waals surface area contributed by atoms with Crippen LogP contribution < -0.4 is 0 Å². The normalized spacial score (nSPS) is 27.9. The van der Waals surface area contributed by atoms with Crippen molar-refractivity contribution >= 4 is 23.5 Å². The van der Waals surface area contributed by atoms with Gasteiger partial charge >= 0.3 is 5.97 Å². The van der Waals surface area contributed by atoms with E-state index >= 15 is 0 Å². The Morgan fingerprint density at radius 3 is 2.37 bits per heavy atom. The number of ether oxygens (including phenoxy) is 8. The third-order valence-electron chi connectivity index (χ3n) is 9.96. The van der Waals surface area contributed by atoms with Crippen molar-refractivity contribution in [3.05, 3.63) is 47.5 Å². The number of rotatable bonds is 21. The maximum Gasteiger partial charge on any atom is 0.305 e. The third kappa shape index (κ3) is 14.5. The van der Waals surface area contributed by atoms with E-state index in [1.807, 2.05) is 0 Å². The van der Waals surface area contributed by atoms with Crippen LogP contribution in [-0.4, -0.2) is 94.5 Å². The van der Waals surface area contributed by atoms with Crippen LogP contribution in [0, 0.1) is 11.8 Å². The van der Waals surface area contributed by atoms with Crippen molar-refractivity contribution in [1.29, 1.82) is 0 Å². The van der Waals surface area contributed by atoms with Crippen molar-refractivity contribution in [2.75, 3.05) is 51.6 Å². The minimum Gasteiger partial charge on any atom is -0.463 e. The third-order valence-corrected chi connectivity index (χ3v) is 11.1. The number of thioether (sulfide) groups is 1. The van der Waals surface area contributed by atoms with Gasteiger partial charge < -0.3 is 37.9 Å². The molecular formula is C40H60O10S. The number of methoxy groups -OCH3 is 1. The zero-order valence-electron chi connectivity index (χ0n) is 30.6. The molecule has 1 aromatic rings. The first kappa shape index (κ1) is 40.4. The number of hydrogen-bond acceptors (Lipinski definition) is 11. The van der Waals surface area contributed by atoms with Crippen molar-refractivity contribution in [2.24, 2.45) is 11.8 Å². The molecule has 1 aromatic carbocycles. The second kappa shape index (κ2) is 23.1. The van der Waals surface area contributed by atoms with Crippen molar-refractivity contribution in [1.82, 2.24) is 0 Å². The van der Waals surface area contributed by atoms with Crippen LogP contribution in [0.15, 0.2) is 36.4 Å².